The molecule has 0 bridgehead atoms. The molecule has 0 aliphatic carbocycles. The molecule has 0 unspecified atom stereocenters. The van der Waals surface area contributed by atoms with Gasteiger partial charge >= 0.3 is 18.1 Å². The minimum Gasteiger partial charge on any atom is -0.420 e. The summed E-state index contributed by atoms with van der Waals surface area (Å²) in [6, 6.07) is 0. The molecular formula is C15H22O7. The van der Waals surface area contributed by atoms with Gasteiger partial charge in [-0.05, 0) is 13.8 Å². The second kappa shape index (κ2) is 7.11. The zero-order valence-electron chi connectivity index (χ0n) is 13.8. The van der Waals surface area contributed by atoms with Crippen molar-refractivity contribution in [3.8, 4) is 0 Å². The molecule has 0 aliphatic heterocycles. The summed E-state index contributed by atoms with van der Waals surface area (Å²) in [6.07, 6.45) is -1.17. The van der Waals surface area contributed by atoms with Crippen LogP contribution < -0.4 is 0 Å². The molecule has 7 nitrogen and oxygen atoms in total. The summed E-state index contributed by atoms with van der Waals surface area (Å²) < 4.78 is 19.6. The summed E-state index contributed by atoms with van der Waals surface area (Å²) in [6.45, 7) is 15.1. The van der Waals surface area contributed by atoms with E-state index in [1.807, 2.05) is 0 Å². The fourth-order valence-electron chi connectivity index (χ4n) is 1.08. The lowest BCUT2D eigenvalue weighted by atomic mass is 10.3. The van der Waals surface area contributed by atoms with E-state index in [2.05, 4.69) is 13.2 Å². The van der Waals surface area contributed by atoms with Crippen LogP contribution in [0.5, 0.6) is 0 Å². The molecular weight excluding hydrogens is 292 g/mol. The lowest BCUT2D eigenvalue weighted by molar-refractivity contribution is -0.223. The quantitative estimate of drug-likeness (QED) is 0.423. The lowest BCUT2D eigenvalue weighted by Gasteiger charge is -2.28. The summed E-state index contributed by atoms with van der Waals surface area (Å²) in [7, 11) is 0. The smallest absolute Gasteiger partial charge is 0.420 e. The molecule has 0 aromatic heterocycles. The molecule has 0 saturated carbocycles. The van der Waals surface area contributed by atoms with Crippen molar-refractivity contribution in [1.29, 1.82) is 0 Å². The Morgan fingerprint density at radius 2 is 0.955 bits per heavy atom. The topological polar surface area (TPSA) is 88.1 Å². The molecule has 0 aromatic carbocycles. The van der Waals surface area contributed by atoms with Crippen LogP contribution in [-0.4, -0.2) is 29.7 Å². The van der Waals surface area contributed by atoms with E-state index in [0.29, 0.717) is 0 Å². The predicted octanol–water partition coefficient (Wildman–Crippen LogP) is 2.85. The highest BCUT2D eigenvalue weighted by Gasteiger charge is 2.34. The van der Waals surface area contributed by atoms with Crippen molar-refractivity contribution in [3.63, 3.8) is 0 Å². The van der Waals surface area contributed by atoms with Crippen LogP contribution in [0, 0.1) is 0 Å². The van der Waals surface area contributed by atoms with Gasteiger partial charge in [0.05, 0.1) is 0 Å². The van der Waals surface area contributed by atoms with Gasteiger partial charge in [0.15, 0.2) is 0 Å². The third-order valence-electron chi connectivity index (χ3n) is 2.03. The van der Waals surface area contributed by atoms with Crippen LogP contribution in [0.15, 0.2) is 24.3 Å². The molecule has 0 amide bonds. The van der Waals surface area contributed by atoms with Crippen LogP contribution in [0.4, 0.5) is 4.79 Å². The fourth-order valence-corrected chi connectivity index (χ4v) is 1.08. The maximum atomic E-state index is 11.7. The number of carbonyl (C=O) groups is 3. The van der Waals surface area contributed by atoms with E-state index in [0.717, 1.165) is 0 Å². The minimum absolute atomic E-state index is 0.153. The Bertz CT molecular complexity index is 456. The van der Waals surface area contributed by atoms with Gasteiger partial charge < -0.3 is 18.9 Å². The van der Waals surface area contributed by atoms with Gasteiger partial charge in [-0.3, -0.25) is 0 Å². The standard InChI is InChI=1S/C15H22O7/c1-9(2)11(16)19-14(5,6)21-13(18)22-15(7,8)20-12(17)10(3)4/h1,3H2,2,4-8H3. The molecule has 22 heavy (non-hydrogen) atoms. The van der Waals surface area contributed by atoms with Gasteiger partial charge in [-0.25, -0.2) is 14.4 Å². The molecule has 0 aromatic rings. The average Bonchev–Trinajstić information content (AvgIpc) is 2.24. The predicted molar refractivity (Wildman–Crippen MR) is 77.5 cm³/mol. The Morgan fingerprint density at radius 3 is 1.18 bits per heavy atom. The normalized spacial score (nSPS) is 11.2. The number of carbonyl (C=O) groups excluding carboxylic acids is 3. The van der Waals surface area contributed by atoms with Crippen molar-refractivity contribution in [2.45, 2.75) is 53.1 Å². The van der Waals surface area contributed by atoms with Gasteiger partial charge in [-0.2, -0.15) is 0 Å². The molecule has 0 radical (unpaired) electrons. The highest BCUT2D eigenvalue weighted by Crippen LogP contribution is 2.19. The van der Waals surface area contributed by atoms with Crippen molar-refractivity contribution in [2.75, 3.05) is 0 Å². The van der Waals surface area contributed by atoms with Gasteiger partial charge in [0.2, 0.25) is 0 Å². The van der Waals surface area contributed by atoms with E-state index in [4.69, 9.17) is 18.9 Å². The van der Waals surface area contributed by atoms with Gasteiger partial charge in [0, 0.05) is 38.8 Å². The van der Waals surface area contributed by atoms with Crippen molar-refractivity contribution < 1.29 is 33.3 Å². The first kappa shape index (κ1) is 19.7. The summed E-state index contributed by atoms with van der Waals surface area (Å²) in [5, 5.41) is 0. The molecule has 0 N–H and O–H groups in total. The zero-order chi connectivity index (χ0) is 17.7. The number of rotatable bonds is 6. The number of ether oxygens (including phenoxy) is 4. The van der Waals surface area contributed by atoms with E-state index in [1.54, 1.807) is 0 Å². The Hall–Kier alpha value is -2.31. The number of esters is 2. The lowest BCUT2D eigenvalue weighted by Crippen LogP contribution is -2.39. The molecule has 0 aliphatic rings. The van der Waals surface area contributed by atoms with Gasteiger partial charge in [-0.15, -0.1) is 0 Å². The van der Waals surface area contributed by atoms with Crippen LogP contribution in [0.25, 0.3) is 0 Å². The Balaban J connectivity index is 4.66. The van der Waals surface area contributed by atoms with E-state index < -0.39 is 29.7 Å². The van der Waals surface area contributed by atoms with Crippen LogP contribution in [0.3, 0.4) is 0 Å². The molecule has 0 atom stereocenters. The molecule has 124 valence electrons. The Labute approximate surface area is 129 Å². The van der Waals surface area contributed by atoms with Gasteiger partial charge in [0.25, 0.3) is 11.6 Å². The van der Waals surface area contributed by atoms with Gasteiger partial charge in [-0.1, -0.05) is 13.2 Å². The first-order chi connectivity index (χ1) is 9.76. The molecule has 0 fully saturated rings. The molecule has 7 heteroatoms. The van der Waals surface area contributed by atoms with Crippen LogP contribution in [0.2, 0.25) is 0 Å². The Morgan fingerprint density at radius 1 is 0.682 bits per heavy atom. The maximum Gasteiger partial charge on any atom is 0.514 e. The number of hydrogen-bond acceptors (Lipinski definition) is 7. The first-order valence-corrected chi connectivity index (χ1v) is 6.45. The highest BCUT2D eigenvalue weighted by atomic mass is 16.8. The van der Waals surface area contributed by atoms with Crippen molar-refractivity contribution in [1.82, 2.24) is 0 Å². The van der Waals surface area contributed by atoms with E-state index >= 15 is 0 Å². The summed E-state index contributed by atoms with van der Waals surface area (Å²) >= 11 is 0. The minimum atomic E-state index is -1.57. The molecule has 0 spiro atoms. The first-order valence-electron chi connectivity index (χ1n) is 6.45. The fraction of sp³-hybridized carbons (Fsp3) is 0.533. The highest BCUT2D eigenvalue weighted by molar-refractivity contribution is 5.87. The van der Waals surface area contributed by atoms with E-state index in [-0.39, 0.29) is 11.1 Å². The maximum absolute atomic E-state index is 11.7. The van der Waals surface area contributed by atoms with E-state index in [1.165, 1.54) is 41.5 Å². The largest absolute Gasteiger partial charge is 0.514 e. The monoisotopic (exact) mass is 314 g/mol. The zero-order valence-corrected chi connectivity index (χ0v) is 13.8. The molecule has 0 saturated heterocycles. The summed E-state index contributed by atoms with van der Waals surface area (Å²) in [5.41, 5.74) is 0.307. The van der Waals surface area contributed by atoms with Crippen molar-refractivity contribution in [2.24, 2.45) is 0 Å². The van der Waals surface area contributed by atoms with Crippen molar-refractivity contribution in [3.05, 3.63) is 24.3 Å². The average molecular weight is 314 g/mol. The van der Waals surface area contributed by atoms with E-state index in [9.17, 15) is 14.4 Å². The van der Waals surface area contributed by atoms with Crippen LogP contribution >= 0.6 is 0 Å². The van der Waals surface area contributed by atoms with Crippen LogP contribution in [0.1, 0.15) is 41.5 Å². The SMILES string of the molecule is C=C(C)C(=O)OC(C)(C)OC(=O)OC(C)(C)OC(=O)C(=C)C. The number of hydrogen-bond donors (Lipinski definition) is 0. The summed E-state index contributed by atoms with van der Waals surface area (Å²) in [5.74, 6) is -4.57. The van der Waals surface area contributed by atoms with Gasteiger partial charge in [0.1, 0.15) is 0 Å². The second-order valence-electron chi connectivity index (χ2n) is 5.59. The third-order valence-corrected chi connectivity index (χ3v) is 2.03. The second-order valence-corrected chi connectivity index (χ2v) is 5.59. The molecule has 0 heterocycles. The van der Waals surface area contributed by atoms with Crippen molar-refractivity contribution >= 4 is 18.1 Å². The molecule has 0 rings (SSSR count). The third kappa shape index (κ3) is 7.47. The Kier molecular flexibility index (Phi) is 6.36. The summed E-state index contributed by atoms with van der Waals surface area (Å²) in [4.78, 5) is 34.5. The van der Waals surface area contributed by atoms with Crippen LogP contribution in [-0.2, 0) is 28.5 Å².